The average molecular weight is 276 g/mol. The van der Waals surface area contributed by atoms with Crippen molar-refractivity contribution >= 4 is 0 Å². The van der Waals surface area contributed by atoms with E-state index in [9.17, 15) is 10.2 Å². The first-order valence-corrected chi connectivity index (χ1v) is 6.80. The molecule has 0 aromatic carbocycles. The number of aliphatic hydroxyl groups excluding tert-OH is 2. The highest BCUT2D eigenvalue weighted by atomic mass is 16.6. The Hall–Kier alpha value is -0.280. The van der Waals surface area contributed by atoms with Crippen molar-refractivity contribution in [2.45, 2.75) is 57.6 Å². The molecule has 1 saturated heterocycles. The van der Waals surface area contributed by atoms with Gasteiger partial charge in [0.25, 0.3) is 0 Å². The Kier molecular flexibility index (Phi) is 6.61. The van der Waals surface area contributed by atoms with Gasteiger partial charge in [-0.2, -0.15) is 0 Å². The van der Waals surface area contributed by atoms with Crippen LogP contribution in [0.1, 0.15) is 26.7 Å². The number of nitrogens with two attached hydrogens (primary N) is 2. The van der Waals surface area contributed by atoms with Crippen LogP contribution in [0, 0.1) is 5.92 Å². The molecule has 4 unspecified atom stereocenters. The van der Waals surface area contributed by atoms with Crippen LogP contribution in [0.5, 0.6) is 0 Å². The lowest BCUT2D eigenvalue weighted by atomic mass is 10.0. The zero-order chi connectivity index (χ0) is 14.6. The molecule has 7 heteroatoms. The SMILES string of the molecule is COC(O)NC(C(C)C)C(O)N1CCCC1C(N)N. The highest BCUT2D eigenvalue weighted by molar-refractivity contribution is 4.90. The quantitative estimate of drug-likeness (QED) is 0.361. The van der Waals surface area contributed by atoms with E-state index in [0.29, 0.717) is 0 Å². The molecule has 0 aromatic rings. The van der Waals surface area contributed by atoms with Gasteiger partial charge in [0.2, 0.25) is 6.41 Å². The summed E-state index contributed by atoms with van der Waals surface area (Å²) < 4.78 is 4.78. The van der Waals surface area contributed by atoms with Gasteiger partial charge >= 0.3 is 0 Å². The molecule has 7 nitrogen and oxygen atoms in total. The molecule has 0 amide bonds. The van der Waals surface area contributed by atoms with Crippen molar-refractivity contribution in [1.29, 1.82) is 0 Å². The predicted molar refractivity (Wildman–Crippen MR) is 72.7 cm³/mol. The molecule has 1 fully saturated rings. The first kappa shape index (κ1) is 16.8. The van der Waals surface area contributed by atoms with Crippen LogP contribution < -0.4 is 16.8 Å². The summed E-state index contributed by atoms with van der Waals surface area (Å²) in [5.41, 5.74) is 11.5. The Morgan fingerprint density at radius 2 is 1.95 bits per heavy atom. The number of aliphatic hydroxyl groups is 2. The third-order valence-electron chi connectivity index (χ3n) is 3.72. The molecular formula is C12H28N4O3. The molecule has 1 rings (SSSR count). The van der Waals surface area contributed by atoms with Gasteiger partial charge in [0.05, 0.1) is 12.2 Å². The van der Waals surface area contributed by atoms with E-state index in [0.717, 1.165) is 19.4 Å². The van der Waals surface area contributed by atoms with Crippen LogP contribution in [0.4, 0.5) is 0 Å². The number of methoxy groups -OCH3 is 1. The molecule has 4 atom stereocenters. The van der Waals surface area contributed by atoms with E-state index in [1.165, 1.54) is 7.11 Å². The van der Waals surface area contributed by atoms with E-state index in [2.05, 4.69) is 5.32 Å². The van der Waals surface area contributed by atoms with Gasteiger partial charge < -0.3 is 26.4 Å². The first-order valence-electron chi connectivity index (χ1n) is 6.80. The van der Waals surface area contributed by atoms with Gasteiger partial charge in [-0.1, -0.05) is 13.8 Å². The van der Waals surface area contributed by atoms with Gasteiger partial charge in [-0.25, -0.2) is 0 Å². The summed E-state index contributed by atoms with van der Waals surface area (Å²) in [6.45, 7) is 4.69. The third-order valence-corrected chi connectivity index (χ3v) is 3.72. The molecule has 0 aromatic heterocycles. The summed E-state index contributed by atoms with van der Waals surface area (Å²) in [5.74, 6) is 0.120. The molecule has 0 bridgehead atoms. The number of likely N-dealkylation sites (tertiary alicyclic amines) is 1. The summed E-state index contributed by atoms with van der Waals surface area (Å²) in [4.78, 5) is 1.91. The molecule has 1 aliphatic heterocycles. The second-order valence-corrected chi connectivity index (χ2v) is 5.46. The Balaban J connectivity index is 2.72. The van der Waals surface area contributed by atoms with E-state index in [1.54, 1.807) is 0 Å². The van der Waals surface area contributed by atoms with Gasteiger partial charge in [0.15, 0.2) is 0 Å². The molecule has 0 spiro atoms. The van der Waals surface area contributed by atoms with Gasteiger partial charge in [-0.3, -0.25) is 10.2 Å². The van der Waals surface area contributed by atoms with Crippen molar-refractivity contribution in [3.63, 3.8) is 0 Å². The maximum atomic E-state index is 10.5. The Labute approximate surface area is 114 Å². The summed E-state index contributed by atoms with van der Waals surface area (Å²) >= 11 is 0. The standard InChI is InChI=1S/C12H28N4O3/c1-7(2)9(15-12(18)19-3)11(17)16-6-4-5-8(16)10(13)14/h7-12,15,17-18H,4-6,13-14H2,1-3H3. The number of nitrogens with one attached hydrogen (secondary N) is 1. The van der Waals surface area contributed by atoms with Crippen molar-refractivity contribution in [3.05, 3.63) is 0 Å². The minimum absolute atomic E-state index is 0.0299. The Morgan fingerprint density at radius 1 is 1.32 bits per heavy atom. The Morgan fingerprint density at radius 3 is 2.42 bits per heavy atom. The van der Waals surface area contributed by atoms with Crippen LogP contribution in [-0.4, -0.2) is 59.7 Å². The summed E-state index contributed by atoms with van der Waals surface area (Å²) in [6, 6.07) is -0.355. The third kappa shape index (κ3) is 4.35. The molecular weight excluding hydrogens is 248 g/mol. The maximum Gasteiger partial charge on any atom is 0.213 e. The minimum Gasteiger partial charge on any atom is -0.377 e. The number of rotatable bonds is 7. The molecule has 7 N–H and O–H groups in total. The fraction of sp³-hybridized carbons (Fsp3) is 1.00. The summed E-state index contributed by atoms with van der Waals surface area (Å²) in [6.07, 6.45) is -0.490. The van der Waals surface area contributed by atoms with Crippen LogP contribution in [0.15, 0.2) is 0 Å². The average Bonchev–Trinajstić information content (AvgIpc) is 2.83. The van der Waals surface area contributed by atoms with E-state index in [1.807, 2.05) is 18.7 Å². The van der Waals surface area contributed by atoms with Crippen LogP contribution >= 0.6 is 0 Å². The number of hydrogen-bond acceptors (Lipinski definition) is 7. The lowest BCUT2D eigenvalue weighted by molar-refractivity contribution is -0.132. The van der Waals surface area contributed by atoms with Crippen LogP contribution in [0.25, 0.3) is 0 Å². The molecule has 1 heterocycles. The van der Waals surface area contributed by atoms with Crippen molar-refractivity contribution in [1.82, 2.24) is 10.2 Å². The largest absolute Gasteiger partial charge is 0.377 e. The van der Waals surface area contributed by atoms with Gasteiger partial charge in [0, 0.05) is 19.7 Å². The maximum absolute atomic E-state index is 10.5. The second-order valence-electron chi connectivity index (χ2n) is 5.46. The highest BCUT2D eigenvalue weighted by Crippen LogP contribution is 2.23. The smallest absolute Gasteiger partial charge is 0.213 e. The lowest BCUT2D eigenvalue weighted by Gasteiger charge is -2.38. The molecule has 19 heavy (non-hydrogen) atoms. The second kappa shape index (κ2) is 7.49. The molecule has 0 radical (unpaired) electrons. The fourth-order valence-corrected chi connectivity index (χ4v) is 2.62. The topological polar surface area (TPSA) is 117 Å². The highest BCUT2D eigenvalue weighted by Gasteiger charge is 2.37. The van der Waals surface area contributed by atoms with Crippen molar-refractivity contribution < 1.29 is 14.9 Å². The summed E-state index contributed by atoms with van der Waals surface area (Å²) in [7, 11) is 1.40. The summed E-state index contributed by atoms with van der Waals surface area (Å²) in [5, 5.41) is 22.9. The molecule has 0 saturated carbocycles. The van der Waals surface area contributed by atoms with E-state index in [4.69, 9.17) is 16.2 Å². The van der Waals surface area contributed by atoms with E-state index in [-0.39, 0.29) is 18.0 Å². The van der Waals surface area contributed by atoms with Crippen molar-refractivity contribution in [2.75, 3.05) is 13.7 Å². The van der Waals surface area contributed by atoms with Crippen LogP contribution in [-0.2, 0) is 4.74 Å². The Bertz CT molecular complexity index is 265. The predicted octanol–water partition coefficient (Wildman–Crippen LogP) is -1.45. The molecule has 0 aliphatic carbocycles. The van der Waals surface area contributed by atoms with Crippen molar-refractivity contribution in [3.8, 4) is 0 Å². The number of nitrogens with zero attached hydrogens (tertiary/aromatic N) is 1. The van der Waals surface area contributed by atoms with Gasteiger partial charge in [0.1, 0.15) is 6.23 Å². The van der Waals surface area contributed by atoms with Gasteiger partial charge in [-0.05, 0) is 18.8 Å². The van der Waals surface area contributed by atoms with Crippen LogP contribution in [0.2, 0.25) is 0 Å². The zero-order valence-corrected chi connectivity index (χ0v) is 12.0. The van der Waals surface area contributed by atoms with Gasteiger partial charge in [-0.15, -0.1) is 0 Å². The van der Waals surface area contributed by atoms with E-state index < -0.39 is 18.8 Å². The molecule has 1 aliphatic rings. The van der Waals surface area contributed by atoms with Crippen molar-refractivity contribution in [2.24, 2.45) is 17.4 Å². The fourth-order valence-electron chi connectivity index (χ4n) is 2.62. The zero-order valence-electron chi connectivity index (χ0n) is 12.0. The van der Waals surface area contributed by atoms with E-state index >= 15 is 0 Å². The normalized spacial score (nSPS) is 26.1. The molecule has 114 valence electrons. The number of ether oxygens (including phenoxy) is 1. The van der Waals surface area contributed by atoms with Crippen LogP contribution in [0.3, 0.4) is 0 Å². The minimum atomic E-state index is -1.10. The first-order chi connectivity index (χ1) is 8.88. The monoisotopic (exact) mass is 276 g/mol. The lowest BCUT2D eigenvalue weighted by Crippen LogP contribution is -2.60. The number of hydrogen-bond donors (Lipinski definition) is 5.